The van der Waals surface area contributed by atoms with Crippen molar-refractivity contribution in [1.29, 1.82) is 0 Å². The molecule has 0 saturated heterocycles. The molecule has 0 saturated carbocycles. The monoisotopic (exact) mass is 268 g/mol. The Kier molecular flexibility index (Phi) is 3.76. The summed E-state index contributed by atoms with van der Waals surface area (Å²) in [4.78, 5) is 11.5. The van der Waals surface area contributed by atoms with Gasteiger partial charge < -0.3 is 4.74 Å². The van der Waals surface area contributed by atoms with Gasteiger partial charge in [-0.25, -0.2) is 4.79 Å². The van der Waals surface area contributed by atoms with Crippen molar-refractivity contribution in [1.82, 2.24) is 0 Å². The van der Waals surface area contributed by atoms with Crippen LogP contribution in [-0.2, 0) is 16.1 Å². The first-order chi connectivity index (χ1) is 8.20. The fourth-order valence-corrected chi connectivity index (χ4v) is 2.62. The summed E-state index contributed by atoms with van der Waals surface area (Å²) in [5.74, 6) is -0.274. The zero-order chi connectivity index (χ0) is 12.3. The Morgan fingerprint density at radius 3 is 3.18 bits per heavy atom. The van der Waals surface area contributed by atoms with Gasteiger partial charge in [-0.05, 0) is 12.1 Å². The second-order valence-electron chi connectivity index (χ2n) is 3.43. The Bertz CT molecular complexity index is 565. The molecule has 0 atom stereocenters. The first-order valence-corrected chi connectivity index (χ1v) is 6.29. The molecule has 0 spiro atoms. The van der Waals surface area contributed by atoms with Crippen molar-refractivity contribution in [2.45, 2.75) is 6.54 Å². The van der Waals surface area contributed by atoms with Gasteiger partial charge in [0.1, 0.15) is 11.3 Å². The Morgan fingerprint density at radius 2 is 2.41 bits per heavy atom. The molecule has 1 aromatic carbocycles. The molecule has 0 bridgehead atoms. The van der Waals surface area contributed by atoms with Crippen LogP contribution in [0.15, 0.2) is 36.4 Å². The number of fused-ring (bicyclic) bond motifs is 1. The molecule has 2 aromatic rings. The van der Waals surface area contributed by atoms with Crippen LogP contribution >= 0.6 is 22.9 Å². The third-order valence-corrected chi connectivity index (χ3v) is 3.38. The molecule has 0 aliphatic carbocycles. The average molecular weight is 269 g/mol. The lowest BCUT2D eigenvalue weighted by atomic mass is 10.3. The molecular weight excluding hydrogens is 258 g/mol. The van der Waals surface area contributed by atoms with Crippen LogP contribution in [0.4, 0.5) is 0 Å². The van der Waals surface area contributed by atoms with Crippen LogP contribution in [-0.4, -0.2) is 12.6 Å². The van der Waals surface area contributed by atoms with Crippen molar-refractivity contribution < 1.29 is 14.1 Å². The van der Waals surface area contributed by atoms with Crippen LogP contribution in [0.5, 0.6) is 0 Å². The lowest BCUT2D eigenvalue weighted by Crippen LogP contribution is -2.37. The number of thiazole rings is 1. The predicted octanol–water partition coefficient (Wildman–Crippen LogP) is 2.57. The SMILES string of the molecule is C=CCOC(=O)C[n+]1csc2cc(Cl)ccc21. The number of hydrogen-bond donors (Lipinski definition) is 0. The molecule has 0 radical (unpaired) electrons. The fourth-order valence-electron chi connectivity index (χ4n) is 1.46. The van der Waals surface area contributed by atoms with Gasteiger partial charge in [0.2, 0.25) is 17.6 Å². The molecule has 3 nitrogen and oxygen atoms in total. The van der Waals surface area contributed by atoms with Gasteiger partial charge in [-0.15, -0.1) is 0 Å². The van der Waals surface area contributed by atoms with Gasteiger partial charge in [0.15, 0.2) is 0 Å². The summed E-state index contributed by atoms with van der Waals surface area (Å²) in [5.41, 5.74) is 2.87. The van der Waals surface area contributed by atoms with E-state index in [9.17, 15) is 4.79 Å². The van der Waals surface area contributed by atoms with Crippen LogP contribution in [0, 0.1) is 0 Å². The number of rotatable bonds is 4. The maximum absolute atomic E-state index is 11.5. The second kappa shape index (κ2) is 5.29. The minimum absolute atomic E-state index is 0.204. The largest absolute Gasteiger partial charge is 0.457 e. The van der Waals surface area contributed by atoms with E-state index in [1.54, 1.807) is 17.4 Å². The topological polar surface area (TPSA) is 30.2 Å². The molecule has 5 heteroatoms. The van der Waals surface area contributed by atoms with Crippen LogP contribution in [0.3, 0.4) is 0 Å². The van der Waals surface area contributed by atoms with Gasteiger partial charge in [-0.1, -0.05) is 35.6 Å². The third kappa shape index (κ3) is 2.84. The minimum Gasteiger partial charge on any atom is -0.457 e. The molecule has 1 heterocycles. The molecule has 2 rings (SSSR count). The normalized spacial score (nSPS) is 10.4. The first kappa shape index (κ1) is 12.1. The summed E-state index contributed by atoms with van der Waals surface area (Å²) in [6.07, 6.45) is 1.55. The molecule has 17 heavy (non-hydrogen) atoms. The van der Waals surface area contributed by atoms with Crippen molar-refractivity contribution in [3.05, 3.63) is 41.4 Å². The summed E-state index contributed by atoms with van der Waals surface area (Å²) in [5, 5.41) is 0.695. The highest BCUT2D eigenvalue weighted by Crippen LogP contribution is 2.20. The van der Waals surface area contributed by atoms with E-state index >= 15 is 0 Å². The van der Waals surface area contributed by atoms with Gasteiger partial charge >= 0.3 is 5.97 Å². The van der Waals surface area contributed by atoms with E-state index in [1.165, 1.54) is 0 Å². The third-order valence-electron chi connectivity index (χ3n) is 2.20. The molecule has 88 valence electrons. The Hall–Kier alpha value is -1.39. The van der Waals surface area contributed by atoms with Gasteiger partial charge in [0.25, 0.3) is 0 Å². The van der Waals surface area contributed by atoms with E-state index in [2.05, 4.69) is 6.58 Å². The number of benzene rings is 1. The van der Waals surface area contributed by atoms with E-state index in [1.807, 2.05) is 28.3 Å². The number of ether oxygens (including phenoxy) is 1. The fraction of sp³-hybridized carbons (Fsp3) is 0.167. The van der Waals surface area contributed by atoms with Gasteiger partial charge in [-0.3, -0.25) is 0 Å². The van der Waals surface area contributed by atoms with E-state index in [0.29, 0.717) is 5.02 Å². The molecule has 0 unspecified atom stereocenters. The number of nitrogens with zero attached hydrogens (tertiary/aromatic N) is 1. The molecular formula is C12H11ClNO2S+. The van der Waals surface area contributed by atoms with E-state index < -0.39 is 0 Å². The van der Waals surface area contributed by atoms with Crippen LogP contribution in [0.25, 0.3) is 10.2 Å². The number of halogens is 1. The smallest absolute Gasteiger partial charge is 0.373 e. The molecule has 0 aliphatic heterocycles. The second-order valence-corrected chi connectivity index (χ2v) is 4.76. The summed E-state index contributed by atoms with van der Waals surface area (Å²) in [7, 11) is 0. The van der Waals surface area contributed by atoms with Gasteiger partial charge in [0.05, 0.1) is 0 Å². The molecule has 0 amide bonds. The molecule has 0 N–H and O–H groups in total. The van der Waals surface area contributed by atoms with Crippen LogP contribution < -0.4 is 4.57 Å². The van der Waals surface area contributed by atoms with Crippen LogP contribution in [0.2, 0.25) is 5.02 Å². The van der Waals surface area contributed by atoms with Crippen LogP contribution in [0.1, 0.15) is 0 Å². The average Bonchev–Trinajstić information content (AvgIpc) is 2.69. The van der Waals surface area contributed by atoms with E-state index in [0.717, 1.165) is 10.2 Å². The quantitative estimate of drug-likeness (QED) is 0.485. The highest BCUT2D eigenvalue weighted by Gasteiger charge is 2.16. The number of esters is 1. The van der Waals surface area contributed by atoms with Crippen molar-refractivity contribution in [2.75, 3.05) is 6.61 Å². The van der Waals surface area contributed by atoms with Gasteiger partial charge in [-0.2, -0.15) is 4.57 Å². The molecule has 0 aliphatic rings. The zero-order valence-electron chi connectivity index (χ0n) is 9.06. The predicted molar refractivity (Wildman–Crippen MR) is 68.2 cm³/mol. The Balaban J connectivity index is 2.19. The summed E-state index contributed by atoms with van der Waals surface area (Å²) in [6, 6.07) is 5.59. The van der Waals surface area contributed by atoms with Crippen molar-refractivity contribution in [3.63, 3.8) is 0 Å². The first-order valence-electron chi connectivity index (χ1n) is 5.03. The standard InChI is InChI=1S/C12H11ClNO2S/c1-2-5-16-12(15)7-14-8-17-11-6-9(13)3-4-10(11)14/h2-4,6,8H,1,5,7H2/q+1. The summed E-state index contributed by atoms with van der Waals surface area (Å²) < 4.78 is 7.84. The highest BCUT2D eigenvalue weighted by atomic mass is 35.5. The lowest BCUT2D eigenvalue weighted by Gasteiger charge is -1.97. The number of aromatic nitrogens is 1. The molecule has 0 fully saturated rings. The summed E-state index contributed by atoms with van der Waals surface area (Å²) in [6.45, 7) is 3.94. The minimum atomic E-state index is -0.274. The number of carbonyl (C=O) groups is 1. The van der Waals surface area contributed by atoms with E-state index in [-0.39, 0.29) is 19.1 Å². The zero-order valence-corrected chi connectivity index (χ0v) is 10.6. The maximum atomic E-state index is 11.5. The number of hydrogen-bond acceptors (Lipinski definition) is 3. The number of carbonyl (C=O) groups excluding carboxylic acids is 1. The highest BCUT2D eigenvalue weighted by molar-refractivity contribution is 7.16. The summed E-state index contributed by atoms with van der Waals surface area (Å²) >= 11 is 7.44. The van der Waals surface area contributed by atoms with Crippen molar-refractivity contribution in [2.24, 2.45) is 0 Å². The van der Waals surface area contributed by atoms with E-state index in [4.69, 9.17) is 16.3 Å². The maximum Gasteiger partial charge on any atom is 0.373 e. The van der Waals surface area contributed by atoms with Crippen molar-refractivity contribution >= 4 is 39.1 Å². The Morgan fingerprint density at radius 1 is 1.59 bits per heavy atom. The van der Waals surface area contributed by atoms with Gasteiger partial charge in [0, 0.05) is 11.1 Å². The van der Waals surface area contributed by atoms with Crippen molar-refractivity contribution in [3.8, 4) is 0 Å². The lowest BCUT2D eigenvalue weighted by molar-refractivity contribution is -0.655. The Labute approximate surface area is 108 Å². The molecule has 1 aromatic heterocycles.